The number of carbonyl (C=O) groups is 1. The van der Waals surface area contributed by atoms with Gasteiger partial charge in [0, 0.05) is 13.1 Å². The lowest BCUT2D eigenvalue weighted by Crippen LogP contribution is -2.27. The highest BCUT2D eigenvalue weighted by Crippen LogP contribution is 2.19. The van der Waals surface area contributed by atoms with E-state index in [-0.39, 0.29) is 0 Å². The van der Waals surface area contributed by atoms with Crippen molar-refractivity contribution in [3.8, 4) is 0 Å². The molecule has 0 saturated carbocycles. The zero-order chi connectivity index (χ0) is 13.9. The lowest BCUT2D eigenvalue weighted by atomic mass is 10.2. The fraction of sp³-hybridized carbons (Fsp3) is 0.571. The maximum Gasteiger partial charge on any atom is 0.412 e. The summed E-state index contributed by atoms with van der Waals surface area (Å²) in [6, 6.07) is 3.78. The summed E-state index contributed by atoms with van der Waals surface area (Å²) in [5.41, 5.74) is 0.157. The van der Waals surface area contributed by atoms with E-state index in [0.717, 1.165) is 18.9 Å². The molecule has 0 unspecified atom stereocenters. The van der Waals surface area contributed by atoms with Gasteiger partial charge in [-0.25, -0.2) is 9.78 Å². The van der Waals surface area contributed by atoms with E-state index in [1.165, 1.54) is 12.8 Å². The summed E-state index contributed by atoms with van der Waals surface area (Å²) in [5.74, 6) is 0.965. The highest BCUT2D eigenvalue weighted by Gasteiger charge is 2.17. The smallest absolute Gasteiger partial charge is 0.412 e. The molecule has 1 saturated heterocycles. The first-order valence-corrected chi connectivity index (χ1v) is 6.65. The average Bonchev–Trinajstić information content (AvgIpc) is 2.80. The van der Waals surface area contributed by atoms with Crippen LogP contribution in [-0.4, -0.2) is 29.8 Å². The van der Waals surface area contributed by atoms with Gasteiger partial charge in [-0.3, -0.25) is 5.32 Å². The predicted octanol–water partition coefficient (Wildman–Crippen LogP) is 3.03. The molecule has 1 aliphatic rings. The third-order valence-electron chi connectivity index (χ3n) is 2.82. The van der Waals surface area contributed by atoms with Crippen molar-refractivity contribution in [1.82, 2.24) is 4.98 Å². The number of pyridine rings is 1. The van der Waals surface area contributed by atoms with Crippen LogP contribution in [0, 0.1) is 0 Å². The van der Waals surface area contributed by atoms with Crippen LogP contribution in [0.25, 0.3) is 0 Å². The van der Waals surface area contributed by atoms with Crippen LogP contribution < -0.4 is 10.2 Å². The number of nitrogens with zero attached hydrogens (tertiary/aromatic N) is 2. The third-order valence-corrected chi connectivity index (χ3v) is 2.82. The highest BCUT2D eigenvalue weighted by atomic mass is 16.6. The summed E-state index contributed by atoms with van der Waals surface area (Å²) in [6.07, 6.45) is 3.65. The van der Waals surface area contributed by atoms with Gasteiger partial charge in [-0.1, -0.05) is 0 Å². The molecule has 2 heterocycles. The lowest BCUT2D eigenvalue weighted by Gasteiger charge is -2.20. The fourth-order valence-electron chi connectivity index (χ4n) is 2.01. The second kappa shape index (κ2) is 5.47. The molecule has 5 nitrogen and oxygen atoms in total. The first kappa shape index (κ1) is 13.6. The second-order valence-corrected chi connectivity index (χ2v) is 5.73. The second-order valence-electron chi connectivity index (χ2n) is 5.73. The van der Waals surface area contributed by atoms with Crippen molar-refractivity contribution in [2.75, 3.05) is 23.3 Å². The van der Waals surface area contributed by atoms with Gasteiger partial charge in [0.2, 0.25) is 0 Å². The minimum atomic E-state index is -0.493. The number of ether oxygens (including phenoxy) is 1. The van der Waals surface area contributed by atoms with Crippen LogP contribution in [0.4, 0.5) is 16.3 Å². The van der Waals surface area contributed by atoms with Gasteiger partial charge in [-0.15, -0.1) is 0 Å². The monoisotopic (exact) mass is 263 g/mol. The Kier molecular flexibility index (Phi) is 3.93. The summed E-state index contributed by atoms with van der Waals surface area (Å²) < 4.78 is 5.18. The summed E-state index contributed by atoms with van der Waals surface area (Å²) in [5, 5.41) is 2.67. The molecule has 1 aliphatic heterocycles. The Morgan fingerprint density at radius 1 is 1.32 bits per heavy atom. The van der Waals surface area contributed by atoms with Crippen LogP contribution in [-0.2, 0) is 4.74 Å². The van der Waals surface area contributed by atoms with Gasteiger partial charge in [0.1, 0.15) is 11.4 Å². The maximum absolute atomic E-state index is 11.6. The molecule has 1 amide bonds. The van der Waals surface area contributed by atoms with E-state index >= 15 is 0 Å². The minimum absolute atomic E-state index is 0.455. The summed E-state index contributed by atoms with van der Waals surface area (Å²) in [6.45, 7) is 7.63. The molecule has 0 atom stereocenters. The molecule has 1 aromatic rings. The number of anilines is 2. The van der Waals surface area contributed by atoms with E-state index < -0.39 is 11.7 Å². The van der Waals surface area contributed by atoms with Gasteiger partial charge in [0.15, 0.2) is 0 Å². The molecule has 2 rings (SSSR count). The van der Waals surface area contributed by atoms with Crippen LogP contribution in [0.5, 0.6) is 0 Å². The number of carbonyl (C=O) groups excluding carboxylic acids is 1. The Bertz CT molecular complexity index is 431. The highest BCUT2D eigenvalue weighted by molar-refractivity contribution is 5.84. The van der Waals surface area contributed by atoms with Gasteiger partial charge in [-0.2, -0.15) is 0 Å². The molecule has 104 valence electrons. The normalized spacial score (nSPS) is 15.4. The van der Waals surface area contributed by atoms with Crippen molar-refractivity contribution in [3.05, 3.63) is 18.3 Å². The largest absolute Gasteiger partial charge is 0.444 e. The summed E-state index contributed by atoms with van der Waals surface area (Å²) in [7, 11) is 0. The van der Waals surface area contributed by atoms with E-state index in [4.69, 9.17) is 4.74 Å². The quantitative estimate of drug-likeness (QED) is 0.891. The van der Waals surface area contributed by atoms with E-state index in [1.807, 2.05) is 32.9 Å². The standard InChI is InChI=1S/C14H21N3O2/c1-14(2,3)19-13(18)16-11-6-7-12(15-10-11)17-8-4-5-9-17/h6-7,10H,4-5,8-9H2,1-3H3,(H,16,18). The molecule has 1 fully saturated rings. The molecule has 0 spiro atoms. The van der Waals surface area contributed by atoms with E-state index in [2.05, 4.69) is 15.2 Å². The average molecular weight is 263 g/mol. The van der Waals surface area contributed by atoms with Gasteiger partial charge in [-0.05, 0) is 45.7 Å². The van der Waals surface area contributed by atoms with Crippen molar-refractivity contribution in [3.63, 3.8) is 0 Å². The van der Waals surface area contributed by atoms with E-state index in [0.29, 0.717) is 5.69 Å². The Labute approximate surface area is 114 Å². The lowest BCUT2D eigenvalue weighted by molar-refractivity contribution is 0.0636. The van der Waals surface area contributed by atoms with Crippen LogP contribution in [0.3, 0.4) is 0 Å². The topological polar surface area (TPSA) is 54.5 Å². The number of amides is 1. The predicted molar refractivity (Wildman–Crippen MR) is 75.5 cm³/mol. The molecule has 0 aromatic carbocycles. The number of hydrogen-bond donors (Lipinski definition) is 1. The van der Waals surface area contributed by atoms with Crippen molar-refractivity contribution < 1.29 is 9.53 Å². The van der Waals surface area contributed by atoms with Crippen LogP contribution in [0.15, 0.2) is 18.3 Å². The van der Waals surface area contributed by atoms with Crippen LogP contribution >= 0.6 is 0 Å². The van der Waals surface area contributed by atoms with Crippen molar-refractivity contribution in [2.45, 2.75) is 39.2 Å². The number of rotatable bonds is 2. The fourth-order valence-corrected chi connectivity index (χ4v) is 2.01. The molecule has 0 radical (unpaired) electrons. The molecule has 5 heteroatoms. The Morgan fingerprint density at radius 2 is 2.00 bits per heavy atom. The Hall–Kier alpha value is -1.78. The molecule has 0 bridgehead atoms. The Morgan fingerprint density at radius 3 is 2.53 bits per heavy atom. The molecule has 19 heavy (non-hydrogen) atoms. The number of hydrogen-bond acceptors (Lipinski definition) is 4. The molecular weight excluding hydrogens is 242 g/mol. The molecule has 1 aromatic heterocycles. The van der Waals surface area contributed by atoms with Crippen molar-refractivity contribution in [1.29, 1.82) is 0 Å². The van der Waals surface area contributed by atoms with Gasteiger partial charge in [0.05, 0.1) is 11.9 Å². The van der Waals surface area contributed by atoms with Gasteiger partial charge >= 0.3 is 6.09 Å². The minimum Gasteiger partial charge on any atom is -0.444 e. The number of aromatic nitrogens is 1. The summed E-state index contributed by atoms with van der Waals surface area (Å²) in [4.78, 5) is 18.2. The first-order valence-electron chi connectivity index (χ1n) is 6.65. The maximum atomic E-state index is 11.6. The van der Waals surface area contributed by atoms with Crippen molar-refractivity contribution >= 4 is 17.6 Å². The zero-order valence-electron chi connectivity index (χ0n) is 11.8. The van der Waals surface area contributed by atoms with Gasteiger partial charge < -0.3 is 9.64 Å². The first-order chi connectivity index (χ1) is 8.94. The van der Waals surface area contributed by atoms with Crippen molar-refractivity contribution in [2.24, 2.45) is 0 Å². The third kappa shape index (κ3) is 4.12. The SMILES string of the molecule is CC(C)(C)OC(=O)Nc1ccc(N2CCCC2)nc1. The Balaban J connectivity index is 1.93. The molecule has 0 aliphatic carbocycles. The molecule has 1 N–H and O–H groups in total. The molecular formula is C14H21N3O2. The number of nitrogens with one attached hydrogen (secondary N) is 1. The van der Waals surface area contributed by atoms with Crippen LogP contribution in [0.1, 0.15) is 33.6 Å². The van der Waals surface area contributed by atoms with E-state index in [9.17, 15) is 4.79 Å². The van der Waals surface area contributed by atoms with Gasteiger partial charge in [0.25, 0.3) is 0 Å². The summed E-state index contributed by atoms with van der Waals surface area (Å²) >= 11 is 0. The van der Waals surface area contributed by atoms with E-state index in [1.54, 1.807) is 6.20 Å². The zero-order valence-corrected chi connectivity index (χ0v) is 11.8. The van der Waals surface area contributed by atoms with Crippen LogP contribution in [0.2, 0.25) is 0 Å².